The largest absolute Gasteiger partial charge is 0.378 e. The fraction of sp³-hybridized carbons (Fsp3) is 0.500. The van der Waals surface area contributed by atoms with Gasteiger partial charge in [-0.1, -0.05) is 43.4 Å². The van der Waals surface area contributed by atoms with Crippen LogP contribution in [-0.4, -0.2) is 10.7 Å². The molecule has 0 unspecified atom stereocenters. The van der Waals surface area contributed by atoms with Gasteiger partial charge in [0.2, 0.25) is 0 Å². The molecule has 1 aliphatic carbocycles. The fourth-order valence-corrected chi connectivity index (χ4v) is 2.40. The molecule has 0 spiro atoms. The predicted molar refractivity (Wildman–Crippen MR) is 70.7 cm³/mol. The summed E-state index contributed by atoms with van der Waals surface area (Å²) in [6.45, 7) is 2.13. The van der Waals surface area contributed by atoms with E-state index in [0.717, 1.165) is 37.7 Å². The summed E-state index contributed by atoms with van der Waals surface area (Å²) < 4.78 is 0. The van der Waals surface area contributed by atoms with E-state index < -0.39 is 5.60 Å². The third kappa shape index (κ3) is 3.11. The molecule has 0 bridgehead atoms. The zero-order valence-corrected chi connectivity index (χ0v) is 10.5. The maximum Gasteiger partial charge on any atom is 0.125 e. The van der Waals surface area contributed by atoms with Crippen LogP contribution >= 0.6 is 0 Å². The fourth-order valence-electron chi connectivity index (χ4n) is 2.40. The lowest BCUT2D eigenvalue weighted by atomic mass is 9.85. The lowest BCUT2D eigenvalue weighted by molar-refractivity contribution is 0.0610. The van der Waals surface area contributed by atoms with Gasteiger partial charge < -0.3 is 5.11 Å². The molecule has 2 rings (SSSR count). The summed E-state index contributed by atoms with van der Waals surface area (Å²) in [5, 5.41) is 10.3. The Morgan fingerprint density at radius 2 is 1.88 bits per heavy atom. The molecule has 1 aliphatic rings. The van der Waals surface area contributed by atoms with Crippen LogP contribution in [0.15, 0.2) is 24.3 Å². The van der Waals surface area contributed by atoms with Crippen molar-refractivity contribution in [1.29, 1.82) is 0 Å². The monoisotopic (exact) mass is 228 g/mol. The smallest absolute Gasteiger partial charge is 0.125 e. The SMILES string of the molecule is CCc1ccccc1C#CC1(O)CCCCC1. The summed E-state index contributed by atoms with van der Waals surface area (Å²) >= 11 is 0. The van der Waals surface area contributed by atoms with Crippen molar-refractivity contribution in [3.05, 3.63) is 35.4 Å². The van der Waals surface area contributed by atoms with Crippen LogP contribution in [0.3, 0.4) is 0 Å². The molecular formula is C16H20O. The van der Waals surface area contributed by atoms with Gasteiger partial charge in [-0.05, 0) is 43.7 Å². The van der Waals surface area contributed by atoms with Crippen LogP contribution in [0.2, 0.25) is 0 Å². The summed E-state index contributed by atoms with van der Waals surface area (Å²) in [7, 11) is 0. The van der Waals surface area contributed by atoms with Gasteiger partial charge in [-0.25, -0.2) is 0 Å². The van der Waals surface area contributed by atoms with Gasteiger partial charge in [-0.2, -0.15) is 0 Å². The van der Waals surface area contributed by atoms with Crippen molar-refractivity contribution in [2.75, 3.05) is 0 Å². The van der Waals surface area contributed by atoms with Crippen LogP contribution in [0.25, 0.3) is 0 Å². The van der Waals surface area contributed by atoms with E-state index in [1.807, 2.05) is 18.2 Å². The van der Waals surface area contributed by atoms with Gasteiger partial charge in [0.15, 0.2) is 0 Å². The quantitative estimate of drug-likeness (QED) is 0.731. The molecule has 0 aromatic heterocycles. The van der Waals surface area contributed by atoms with Crippen molar-refractivity contribution in [3.63, 3.8) is 0 Å². The van der Waals surface area contributed by atoms with Gasteiger partial charge in [0, 0.05) is 5.56 Å². The average molecular weight is 228 g/mol. The van der Waals surface area contributed by atoms with Gasteiger partial charge in [0.1, 0.15) is 5.60 Å². The minimum Gasteiger partial charge on any atom is -0.378 e. The molecular weight excluding hydrogens is 208 g/mol. The molecule has 1 aromatic carbocycles. The maximum absolute atomic E-state index is 10.3. The van der Waals surface area contributed by atoms with Crippen LogP contribution in [0, 0.1) is 11.8 Å². The van der Waals surface area contributed by atoms with E-state index in [2.05, 4.69) is 24.8 Å². The first kappa shape index (κ1) is 12.2. The van der Waals surface area contributed by atoms with E-state index in [9.17, 15) is 5.11 Å². The van der Waals surface area contributed by atoms with E-state index in [4.69, 9.17) is 0 Å². The Morgan fingerprint density at radius 3 is 2.59 bits per heavy atom. The third-order valence-electron chi connectivity index (χ3n) is 3.51. The Balaban J connectivity index is 2.20. The zero-order valence-electron chi connectivity index (χ0n) is 10.5. The number of hydrogen-bond donors (Lipinski definition) is 1. The van der Waals surface area contributed by atoms with Gasteiger partial charge in [0.25, 0.3) is 0 Å². The van der Waals surface area contributed by atoms with Gasteiger partial charge in [-0.3, -0.25) is 0 Å². The van der Waals surface area contributed by atoms with E-state index in [1.165, 1.54) is 12.0 Å². The van der Waals surface area contributed by atoms with E-state index in [1.54, 1.807) is 0 Å². The van der Waals surface area contributed by atoms with Crippen LogP contribution in [-0.2, 0) is 6.42 Å². The van der Waals surface area contributed by atoms with Crippen molar-refractivity contribution in [2.24, 2.45) is 0 Å². The van der Waals surface area contributed by atoms with Crippen molar-refractivity contribution < 1.29 is 5.11 Å². The molecule has 1 aromatic rings. The summed E-state index contributed by atoms with van der Waals surface area (Å²) in [5.41, 5.74) is 1.59. The molecule has 1 fully saturated rings. The normalized spacial score (nSPS) is 18.2. The predicted octanol–water partition coefficient (Wildman–Crippen LogP) is 3.30. The van der Waals surface area contributed by atoms with Crippen LogP contribution in [0.5, 0.6) is 0 Å². The molecule has 0 radical (unpaired) electrons. The van der Waals surface area contributed by atoms with Crippen LogP contribution in [0.4, 0.5) is 0 Å². The highest BCUT2D eigenvalue weighted by Gasteiger charge is 2.26. The summed E-state index contributed by atoms with van der Waals surface area (Å²) in [4.78, 5) is 0. The van der Waals surface area contributed by atoms with Gasteiger partial charge in [-0.15, -0.1) is 0 Å². The molecule has 1 saturated carbocycles. The minimum atomic E-state index is -0.737. The Kier molecular flexibility index (Phi) is 3.86. The first-order chi connectivity index (χ1) is 8.23. The highest BCUT2D eigenvalue weighted by Crippen LogP contribution is 2.27. The van der Waals surface area contributed by atoms with Gasteiger partial charge >= 0.3 is 0 Å². The Labute approximate surface area is 104 Å². The standard InChI is InChI=1S/C16H20O/c1-2-14-8-4-5-9-15(14)10-13-16(17)11-6-3-7-12-16/h4-5,8-9,17H,2-3,6-7,11-12H2,1H3. The number of hydrogen-bond acceptors (Lipinski definition) is 1. The summed E-state index contributed by atoms with van der Waals surface area (Å²) in [6.07, 6.45) is 6.07. The van der Waals surface area contributed by atoms with E-state index >= 15 is 0 Å². The molecule has 90 valence electrons. The molecule has 17 heavy (non-hydrogen) atoms. The zero-order chi connectivity index (χ0) is 12.1. The highest BCUT2D eigenvalue weighted by atomic mass is 16.3. The number of aliphatic hydroxyl groups is 1. The maximum atomic E-state index is 10.3. The second-order valence-corrected chi connectivity index (χ2v) is 4.85. The Hall–Kier alpha value is -1.26. The third-order valence-corrected chi connectivity index (χ3v) is 3.51. The first-order valence-electron chi connectivity index (χ1n) is 6.57. The van der Waals surface area contributed by atoms with E-state index in [-0.39, 0.29) is 0 Å². The molecule has 1 nitrogen and oxygen atoms in total. The molecule has 1 N–H and O–H groups in total. The summed E-state index contributed by atoms with van der Waals surface area (Å²) in [5.74, 6) is 6.27. The molecule has 0 atom stereocenters. The van der Waals surface area contributed by atoms with Gasteiger partial charge in [0.05, 0.1) is 0 Å². The minimum absolute atomic E-state index is 0.737. The Morgan fingerprint density at radius 1 is 1.18 bits per heavy atom. The number of benzene rings is 1. The Bertz CT molecular complexity index is 430. The molecule has 1 heteroatoms. The average Bonchev–Trinajstić information content (AvgIpc) is 2.38. The lowest BCUT2D eigenvalue weighted by Crippen LogP contribution is -2.29. The van der Waals surface area contributed by atoms with Crippen molar-refractivity contribution in [2.45, 2.75) is 51.0 Å². The second kappa shape index (κ2) is 5.38. The molecule has 0 saturated heterocycles. The van der Waals surface area contributed by atoms with Crippen LogP contribution in [0.1, 0.15) is 50.2 Å². The van der Waals surface area contributed by atoms with Crippen molar-refractivity contribution in [3.8, 4) is 11.8 Å². The second-order valence-electron chi connectivity index (χ2n) is 4.85. The van der Waals surface area contributed by atoms with Crippen molar-refractivity contribution >= 4 is 0 Å². The molecule has 0 amide bonds. The van der Waals surface area contributed by atoms with Crippen molar-refractivity contribution in [1.82, 2.24) is 0 Å². The molecule has 0 aliphatic heterocycles. The topological polar surface area (TPSA) is 20.2 Å². The first-order valence-corrected chi connectivity index (χ1v) is 6.57. The number of aryl methyl sites for hydroxylation is 1. The summed E-state index contributed by atoms with van der Waals surface area (Å²) in [6, 6.07) is 8.19. The molecule has 0 heterocycles. The van der Waals surface area contributed by atoms with Crippen LogP contribution < -0.4 is 0 Å². The lowest BCUT2D eigenvalue weighted by Gasteiger charge is -2.26. The highest BCUT2D eigenvalue weighted by molar-refractivity contribution is 5.42. The van der Waals surface area contributed by atoms with E-state index in [0.29, 0.717) is 0 Å². The number of rotatable bonds is 1.